The first-order valence-corrected chi connectivity index (χ1v) is 10.1. The summed E-state index contributed by atoms with van der Waals surface area (Å²) in [6.07, 6.45) is -8.36. The van der Waals surface area contributed by atoms with Crippen molar-refractivity contribution in [3.05, 3.63) is 41.7 Å². The van der Waals surface area contributed by atoms with Gasteiger partial charge in [-0.2, -0.15) is 26.3 Å². The third-order valence-corrected chi connectivity index (χ3v) is 6.04. The Labute approximate surface area is 171 Å². The van der Waals surface area contributed by atoms with Gasteiger partial charge in [0, 0.05) is 19.4 Å². The Morgan fingerprint density at radius 1 is 0.903 bits per heavy atom. The van der Waals surface area contributed by atoms with Gasteiger partial charge in [-0.1, -0.05) is 6.92 Å². The van der Waals surface area contributed by atoms with Gasteiger partial charge in [0.1, 0.15) is 11.4 Å². The normalized spacial score (nSPS) is 12.9. The van der Waals surface area contributed by atoms with Crippen molar-refractivity contribution in [1.82, 2.24) is 24.7 Å². The summed E-state index contributed by atoms with van der Waals surface area (Å²) >= 11 is 0. The number of hydrogen-bond acceptors (Lipinski definition) is 6. The lowest BCUT2D eigenvalue weighted by atomic mass is 10.2. The molecule has 0 spiro atoms. The maximum atomic E-state index is 13.1. The molecule has 3 rings (SSSR count). The van der Waals surface area contributed by atoms with Crippen molar-refractivity contribution < 1.29 is 34.8 Å². The largest absolute Gasteiger partial charge is 0.417 e. The molecule has 14 heteroatoms. The molecule has 3 aromatic heterocycles. The molecule has 0 amide bonds. The van der Waals surface area contributed by atoms with Crippen molar-refractivity contribution in [1.29, 1.82) is 0 Å². The van der Waals surface area contributed by atoms with Crippen molar-refractivity contribution in [3.8, 4) is 23.0 Å². The maximum Gasteiger partial charge on any atom is 0.417 e. The molecular weight excluding hydrogens is 452 g/mol. The second-order valence-corrected chi connectivity index (χ2v) is 8.55. The van der Waals surface area contributed by atoms with E-state index < -0.39 is 44.0 Å². The molecule has 3 aromatic rings. The van der Waals surface area contributed by atoms with Crippen LogP contribution >= 0.6 is 0 Å². The Morgan fingerprint density at radius 3 is 2.00 bits per heavy atom. The van der Waals surface area contributed by atoms with E-state index in [1.807, 2.05) is 0 Å². The summed E-state index contributed by atoms with van der Waals surface area (Å²) in [6, 6.07) is 2.28. The summed E-state index contributed by atoms with van der Waals surface area (Å²) in [5.74, 6) is -0.726. The summed E-state index contributed by atoms with van der Waals surface area (Å²) in [6.45, 7) is 1.26. The molecular formula is C17H13F6N5O2S. The quantitative estimate of drug-likeness (QED) is 0.545. The Hall–Kier alpha value is -3.03. The monoisotopic (exact) mass is 465 g/mol. The Bertz CT molecular complexity index is 1220. The van der Waals surface area contributed by atoms with Crippen molar-refractivity contribution >= 4 is 9.84 Å². The molecule has 0 aliphatic carbocycles. The number of rotatable bonds is 4. The third kappa shape index (κ3) is 4.38. The molecule has 0 unspecified atom stereocenters. The van der Waals surface area contributed by atoms with E-state index in [0.717, 1.165) is 12.1 Å². The van der Waals surface area contributed by atoms with Crippen molar-refractivity contribution in [2.24, 2.45) is 7.05 Å². The van der Waals surface area contributed by atoms with Gasteiger partial charge in [0.15, 0.2) is 21.5 Å². The highest BCUT2D eigenvalue weighted by Gasteiger charge is 2.35. The first-order valence-electron chi connectivity index (χ1n) is 8.49. The number of hydrogen-bond donors (Lipinski definition) is 0. The van der Waals surface area contributed by atoms with Gasteiger partial charge in [0.2, 0.25) is 0 Å². The van der Waals surface area contributed by atoms with Gasteiger partial charge >= 0.3 is 12.4 Å². The summed E-state index contributed by atoms with van der Waals surface area (Å²) < 4.78 is 103. The first-order chi connectivity index (χ1) is 14.3. The molecule has 0 saturated heterocycles. The molecule has 0 aliphatic heterocycles. The molecule has 0 aliphatic rings. The minimum absolute atomic E-state index is 0.0129. The highest BCUT2D eigenvalue weighted by Crippen LogP contribution is 2.34. The summed E-state index contributed by atoms with van der Waals surface area (Å²) in [7, 11) is -2.79. The lowest BCUT2D eigenvalue weighted by Crippen LogP contribution is -2.13. The van der Waals surface area contributed by atoms with Gasteiger partial charge < -0.3 is 4.57 Å². The van der Waals surface area contributed by atoms with Crippen LogP contribution in [0.25, 0.3) is 23.0 Å². The molecule has 7 nitrogen and oxygen atoms in total. The second-order valence-electron chi connectivity index (χ2n) is 6.31. The van der Waals surface area contributed by atoms with Crippen molar-refractivity contribution in [3.63, 3.8) is 0 Å². The van der Waals surface area contributed by atoms with Crippen LogP contribution in [0.2, 0.25) is 0 Å². The smallest absolute Gasteiger partial charge is 0.307 e. The molecule has 0 radical (unpaired) electrons. The van der Waals surface area contributed by atoms with Crippen LogP contribution in [-0.2, 0) is 29.2 Å². The lowest BCUT2D eigenvalue weighted by Gasteiger charge is -2.12. The van der Waals surface area contributed by atoms with Gasteiger partial charge in [-0.15, -0.1) is 10.2 Å². The summed E-state index contributed by atoms with van der Waals surface area (Å²) in [5.41, 5.74) is -2.63. The molecule has 0 saturated carbocycles. The molecule has 31 heavy (non-hydrogen) atoms. The molecule has 0 N–H and O–H groups in total. The first kappa shape index (κ1) is 22.7. The van der Waals surface area contributed by atoms with Gasteiger partial charge in [0.25, 0.3) is 0 Å². The second kappa shape index (κ2) is 7.59. The molecule has 3 heterocycles. The average molecular weight is 465 g/mol. The van der Waals surface area contributed by atoms with E-state index in [2.05, 4.69) is 20.2 Å². The SMILES string of the molecule is CCS(=O)(=O)c1cc(C(F)(F)F)cnc1-c1nnc(-c2ccc(C(F)(F)F)cn2)n1C. The van der Waals surface area contributed by atoms with Gasteiger partial charge in [-0.05, 0) is 18.2 Å². The number of pyridine rings is 2. The van der Waals surface area contributed by atoms with Crippen LogP contribution in [0.5, 0.6) is 0 Å². The zero-order valence-corrected chi connectivity index (χ0v) is 16.6. The van der Waals surface area contributed by atoms with Crippen LogP contribution in [0.1, 0.15) is 18.1 Å². The molecule has 0 aromatic carbocycles. The van der Waals surface area contributed by atoms with Gasteiger partial charge in [0.05, 0.1) is 21.8 Å². The van der Waals surface area contributed by atoms with Crippen LogP contribution in [0.3, 0.4) is 0 Å². The molecule has 0 bridgehead atoms. The molecule has 0 atom stereocenters. The average Bonchev–Trinajstić information content (AvgIpc) is 3.07. The molecule has 166 valence electrons. The fourth-order valence-electron chi connectivity index (χ4n) is 2.61. The number of nitrogens with zero attached hydrogens (tertiary/aromatic N) is 5. The summed E-state index contributed by atoms with van der Waals surface area (Å²) in [5, 5.41) is 7.56. The van der Waals surface area contributed by atoms with Crippen LogP contribution < -0.4 is 0 Å². The zero-order valence-electron chi connectivity index (χ0n) is 15.8. The van der Waals surface area contributed by atoms with Crippen LogP contribution in [0.15, 0.2) is 35.5 Å². The van der Waals surface area contributed by atoms with E-state index in [1.165, 1.54) is 18.5 Å². The number of halogens is 6. The molecule has 0 fully saturated rings. The third-order valence-electron chi connectivity index (χ3n) is 4.30. The number of aromatic nitrogens is 5. The van der Waals surface area contributed by atoms with Crippen LogP contribution in [-0.4, -0.2) is 38.9 Å². The fraction of sp³-hybridized carbons (Fsp3) is 0.294. The zero-order chi connectivity index (χ0) is 23.2. The minimum atomic E-state index is -4.82. The van der Waals surface area contributed by atoms with E-state index in [4.69, 9.17) is 0 Å². The Kier molecular flexibility index (Phi) is 5.54. The Balaban J connectivity index is 2.14. The Morgan fingerprint density at radius 2 is 1.48 bits per heavy atom. The van der Waals surface area contributed by atoms with Crippen LogP contribution in [0.4, 0.5) is 26.3 Å². The predicted molar refractivity (Wildman–Crippen MR) is 95.2 cm³/mol. The van der Waals surface area contributed by atoms with Gasteiger partial charge in [-0.3, -0.25) is 9.97 Å². The summed E-state index contributed by atoms with van der Waals surface area (Å²) in [4.78, 5) is 6.65. The number of alkyl halides is 6. The van der Waals surface area contributed by atoms with Crippen molar-refractivity contribution in [2.75, 3.05) is 5.75 Å². The van der Waals surface area contributed by atoms with E-state index >= 15 is 0 Å². The van der Waals surface area contributed by atoms with Crippen LogP contribution in [0, 0.1) is 0 Å². The topological polar surface area (TPSA) is 90.6 Å². The minimum Gasteiger partial charge on any atom is -0.307 e. The highest BCUT2D eigenvalue weighted by molar-refractivity contribution is 7.91. The van der Waals surface area contributed by atoms with Gasteiger partial charge in [-0.25, -0.2) is 8.42 Å². The number of sulfone groups is 1. The maximum absolute atomic E-state index is 13.1. The lowest BCUT2D eigenvalue weighted by molar-refractivity contribution is -0.138. The van der Waals surface area contributed by atoms with E-state index in [1.54, 1.807) is 0 Å². The van der Waals surface area contributed by atoms with E-state index in [0.29, 0.717) is 18.5 Å². The predicted octanol–water partition coefficient (Wildman–Crippen LogP) is 3.77. The van der Waals surface area contributed by atoms with Crippen molar-refractivity contribution in [2.45, 2.75) is 24.2 Å². The highest BCUT2D eigenvalue weighted by atomic mass is 32.2. The standard InChI is InChI=1S/C17H13F6N5O2S/c1-3-31(29,30)12-6-10(17(21,22)23)8-25-13(12)15-27-26-14(28(15)2)11-5-4-9(7-24-11)16(18,19)20/h4-8H,3H2,1-2H3. The fourth-order valence-corrected chi connectivity index (χ4v) is 3.67. The van der Waals surface area contributed by atoms with E-state index in [-0.39, 0.29) is 23.0 Å². The van der Waals surface area contributed by atoms with E-state index in [9.17, 15) is 34.8 Å².